The van der Waals surface area contributed by atoms with Gasteiger partial charge in [-0.2, -0.15) is 0 Å². The Balaban J connectivity index is 1.89. The molecule has 0 fully saturated rings. The van der Waals surface area contributed by atoms with Crippen molar-refractivity contribution >= 4 is 28.0 Å². The Hall–Kier alpha value is -2.13. The Kier molecular flexibility index (Phi) is 3.99. The van der Waals surface area contributed by atoms with Crippen LogP contribution in [0.1, 0.15) is 38.6 Å². The lowest BCUT2D eigenvalue weighted by Crippen LogP contribution is -2.26. The van der Waals surface area contributed by atoms with Crippen molar-refractivity contribution in [3.8, 4) is 0 Å². The largest absolute Gasteiger partial charge is 0.345 e. The number of benzene rings is 2. The lowest BCUT2D eigenvalue weighted by Gasteiger charge is -2.16. The number of amides is 1. The molecule has 1 atom stereocenters. The average Bonchev–Trinajstić information content (AvgIpc) is 2.85. The fourth-order valence-electron chi connectivity index (χ4n) is 2.84. The van der Waals surface area contributed by atoms with Crippen LogP contribution in [0.15, 0.2) is 48.5 Å². The molecule has 0 aliphatic rings. The van der Waals surface area contributed by atoms with E-state index in [0.717, 1.165) is 16.0 Å². The van der Waals surface area contributed by atoms with E-state index < -0.39 is 0 Å². The van der Waals surface area contributed by atoms with E-state index >= 15 is 0 Å². The summed E-state index contributed by atoms with van der Waals surface area (Å²) in [6.45, 7) is 6.06. The number of carbonyl (C=O) groups excluding carboxylic acids is 1. The van der Waals surface area contributed by atoms with Crippen LogP contribution in [-0.2, 0) is 0 Å². The van der Waals surface area contributed by atoms with E-state index in [2.05, 4.69) is 29.6 Å². The first-order chi connectivity index (χ1) is 10.6. The van der Waals surface area contributed by atoms with Crippen LogP contribution in [0, 0.1) is 13.8 Å². The molecule has 3 aromatic rings. The zero-order valence-corrected chi connectivity index (χ0v) is 13.8. The average molecular weight is 309 g/mol. The second kappa shape index (κ2) is 5.93. The third kappa shape index (κ3) is 2.77. The molecule has 0 aliphatic carbocycles. The molecule has 3 rings (SSSR count). The molecule has 22 heavy (non-hydrogen) atoms. The fourth-order valence-corrected chi connectivity index (χ4v) is 3.76. The summed E-state index contributed by atoms with van der Waals surface area (Å²) in [5.41, 5.74) is 1.94. The second-order valence-electron chi connectivity index (χ2n) is 5.59. The monoisotopic (exact) mass is 309 g/mol. The summed E-state index contributed by atoms with van der Waals surface area (Å²) in [5.74, 6) is 0.00211. The summed E-state index contributed by atoms with van der Waals surface area (Å²) in [7, 11) is 0. The molecule has 3 heteroatoms. The molecule has 0 radical (unpaired) electrons. The van der Waals surface area contributed by atoms with Gasteiger partial charge in [-0.25, -0.2) is 0 Å². The summed E-state index contributed by atoms with van der Waals surface area (Å²) in [6, 6.07) is 16.4. The number of rotatable bonds is 3. The SMILES string of the molecule is Cc1cc(C(=O)NC(C)c2cccc3ccccc23)c(C)s1. The van der Waals surface area contributed by atoms with Gasteiger partial charge in [0.25, 0.3) is 5.91 Å². The molecule has 1 heterocycles. The molecule has 1 N–H and O–H groups in total. The molecule has 2 aromatic carbocycles. The van der Waals surface area contributed by atoms with Crippen LogP contribution < -0.4 is 5.32 Å². The van der Waals surface area contributed by atoms with Crippen molar-refractivity contribution in [2.45, 2.75) is 26.8 Å². The molecule has 0 saturated carbocycles. The van der Waals surface area contributed by atoms with Crippen LogP contribution in [0.2, 0.25) is 0 Å². The Morgan fingerprint density at radius 3 is 2.55 bits per heavy atom. The van der Waals surface area contributed by atoms with E-state index in [1.54, 1.807) is 11.3 Å². The van der Waals surface area contributed by atoms with Gasteiger partial charge in [0, 0.05) is 9.75 Å². The molecule has 1 amide bonds. The van der Waals surface area contributed by atoms with Crippen LogP contribution in [0.25, 0.3) is 10.8 Å². The first kappa shape index (κ1) is 14.8. The maximum absolute atomic E-state index is 12.5. The molecule has 0 aliphatic heterocycles. The molecular formula is C19H19NOS. The number of hydrogen-bond acceptors (Lipinski definition) is 2. The van der Waals surface area contributed by atoms with Crippen molar-refractivity contribution in [1.82, 2.24) is 5.32 Å². The fraction of sp³-hybridized carbons (Fsp3) is 0.211. The number of nitrogens with one attached hydrogen (secondary N) is 1. The molecule has 112 valence electrons. The summed E-state index contributed by atoms with van der Waals surface area (Å²) >= 11 is 1.66. The van der Waals surface area contributed by atoms with Crippen LogP contribution in [0.5, 0.6) is 0 Å². The van der Waals surface area contributed by atoms with Gasteiger partial charge in [0.2, 0.25) is 0 Å². The number of thiophene rings is 1. The maximum Gasteiger partial charge on any atom is 0.252 e. The predicted molar refractivity (Wildman–Crippen MR) is 93.6 cm³/mol. The third-order valence-electron chi connectivity index (χ3n) is 3.92. The van der Waals surface area contributed by atoms with Crippen molar-refractivity contribution in [3.05, 3.63) is 69.4 Å². The van der Waals surface area contributed by atoms with Gasteiger partial charge in [0.1, 0.15) is 0 Å². The minimum Gasteiger partial charge on any atom is -0.345 e. The Morgan fingerprint density at radius 2 is 1.82 bits per heavy atom. The Morgan fingerprint density at radius 1 is 1.09 bits per heavy atom. The van der Waals surface area contributed by atoms with E-state index in [4.69, 9.17) is 0 Å². The van der Waals surface area contributed by atoms with Gasteiger partial charge in [-0.15, -0.1) is 11.3 Å². The van der Waals surface area contributed by atoms with Gasteiger partial charge in [0.05, 0.1) is 11.6 Å². The lowest BCUT2D eigenvalue weighted by molar-refractivity contribution is 0.0940. The van der Waals surface area contributed by atoms with Crippen molar-refractivity contribution in [3.63, 3.8) is 0 Å². The highest BCUT2D eigenvalue weighted by Crippen LogP contribution is 2.25. The summed E-state index contributed by atoms with van der Waals surface area (Å²) in [6.07, 6.45) is 0. The molecule has 0 spiro atoms. The molecule has 1 unspecified atom stereocenters. The van der Waals surface area contributed by atoms with E-state index in [1.165, 1.54) is 15.6 Å². The van der Waals surface area contributed by atoms with Gasteiger partial charge < -0.3 is 5.32 Å². The summed E-state index contributed by atoms with van der Waals surface area (Å²) in [4.78, 5) is 14.7. The van der Waals surface area contributed by atoms with Crippen LogP contribution in [0.3, 0.4) is 0 Å². The minimum atomic E-state index is -0.0294. The Labute approximate surface area is 134 Å². The van der Waals surface area contributed by atoms with E-state index in [-0.39, 0.29) is 11.9 Å². The number of carbonyl (C=O) groups is 1. The highest BCUT2D eigenvalue weighted by Gasteiger charge is 2.16. The van der Waals surface area contributed by atoms with Crippen molar-refractivity contribution in [2.75, 3.05) is 0 Å². The van der Waals surface area contributed by atoms with Crippen LogP contribution >= 0.6 is 11.3 Å². The van der Waals surface area contributed by atoms with Crippen molar-refractivity contribution in [1.29, 1.82) is 0 Å². The van der Waals surface area contributed by atoms with Crippen molar-refractivity contribution < 1.29 is 4.79 Å². The first-order valence-electron chi connectivity index (χ1n) is 7.42. The van der Waals surface area contributed by atoms with E-state index in [1.807, 2.05) is 45.0 Å². The molecular weight excluding hydrogens is 290 g/mol. The second-order valence-corrected chi connectivity index (χ2v) is 7.05. The molecule has 0 bridgehead atoms. The van der Waals surface area contributed by atoms with Crippen molar-refractivity contribution in [2.24, 2.45) is 0 Å². The standard InChI is InChI=1S/C19H19NOS/c1-12-11-18(14(3)22-12)19(21)20-13(2)16-10-6-8-15-7-4-5-9-17(15)16/h4-11,13H,1-3H3,(H,20,21). The topological polar surface area (TPSA) is 29.1 Å². The highest BCUT2D eigenvalue weighted by molar-refractivity contribution is 7.12. The lowest BCUT2D eigenvalue weighted by atomic mass is 9.99. The van der Waals surface area contributed by atoms with Crippen LogP contribution in [0.4, 0.5) is 0 Å². The molecule has 2 nitrogen and oxygen atoms in total. The van der Waals surface area contributed by atoms with Gasteiger partial charge in [-0.05, 0) is 43.2 Å². The van der Waals surface area contributed by atoms with E-state index in [0.29, 0.717) is 0 Å². The van der Waals surface area contributed by atoms with Gasteiger partial charge in [-0.3, -0.25) is 4.79 Å². The molecule has 1 aromatic heterocycles. The van der Waals surface area contributed by atoms with Gasteiger partial charge in [0.15, 0.2) is 0 Å². The maximum atomic E-state index is 12.5. The zero-order valence-electron chi connectivity index (χ0n) is 13.0. The minimum absolute atomic E-state index is 0.00211. The summed E-state index contributed by atoms with van der Waals surface area (Å²) < 4.78 is 0. The first-order valence-corrected chi connectivity index (χ1v) is 8.23. The highest BCUT2D eigenvalue weighted by atomic mass is 32.1. The quantitative estimate of drug-likeness (QED) is 0.724. The zero-order chi connectivity index (χ0) is 15.7. The van der Waals surface area contributed by atoms with E-state index in [9.17, 15) is 4.79 Å². The Bertz CT molecular complexity index is 829. The predicted octanol–water partition coefficient (Wildman–Crippen LogP) is 5.01. The third-order valence-corrected chi connectivity index (χ3v) is 4.89. The number of fused-ring (bicyclic) bond motifs is 1. The smallest absolute Gasteiger partial charge is 0.252 e. The normalized spacial score (nSPS) is 12.3. The number of hydrogen-bond donors (Lipinski definition) is 1. The van der Waals surface area contributed by atoms with Gasteiger partial charge in [-0.1, -0.05) is 42.5 Å². The van der Waals surface area contributed by atoms with Gasteiger partial charge >= 0.3 is 0 Å². The summed E-state index contributed by atoms with van der Waals surface area (Å²) in [5, 5.41) is 5.52. The number of aryl methyl sites for hydroxylation is 2. The van der Waals surface area contributed by atoms with Crippen LogP contribution in [-0.4, -0.2) is 5.91 Å². The molecule has 0 saturated heterocycles.